The highest BCUT2D eigenvalue weighted by atomic mass is 32.1. The van der Waals surface area contributed by atoms with Gasteiger partial charge in [-0.05, 0) is 19.8 Å². The lowest BCUT2D eigenvalue weighted by Gasteiger charge is -2.39. The number of amides is 2. The van der Waals surface area contributed by atoms with E-state index < -0.39 is 6.04 Å². The van der Waals surface area contributed by atoms with Crippen molar-refractivity contribution >= 4 is 23.2 Å². The zero-order valence-electron chi connectivity index (χ0n) is 12.3. The second-order valence-electron chi connectivity index (χ2n) is 5.58. The first-order valence-corrected chi connectivity index (χ1v) is 7.80. The van der Waals surface area contributed by atoms with Crippen LogP contribution in [0.4, 0.5) is 0 Å². The highest BCUT2D eigenvalue weighted by Gasteiger charge is 2.39. The number of carbonyl (C=O) groups is 2. The van der Waals surface area contributed by atoms with Crippen LogP contribution in [-0.4, -0.2) is 40.3 Å². The molecule has 0 aliphatic carbocycles. The number of carbonyl (C=O) groups excluding carboxylic acids is 2. The van der Waals surface area contributed by atoms with E-state index in [1.54, 1.807) is 23.2 Å². The smallest absolute Gasteiger partial charge is 0.245 e. The lowest BCUT2D eigenvalue weighted by Crippen LogP contribution is -2.64. The summed E-state index contributed by atoms with van der Waals surface area (Å²) in [6, 6.07) is -0.810. The van der Waals surface area contributed by atoms with Crippen LogP contribution in [0.2, 0.25) is 0 Å². The Morgan fingerprint density at radius 2 is 2.15 bits per heavy atom. The topological polar surface area (TPSA) is 62.3 Å². The number of hydrogen-bond donors (Lipinski definition) is 1. The van der Waals surface area contributed by atoms with E-state index in [-0.39, 0.29) is 23.8 Å². The van der Waals surface area contributed by atoms with E-state index in [2.05, 4.69) is 10.3 Å². The minimum Gasteiger partial charge on any atom is -0.343 e. The summed E-state index contributed by atoms with van der Waals surface area (Å²) in [6.07, 6.45) is 0.702. The molecule has 0 bridgehead atoms. The van der Waals surface area contributed by atoms with Crippen LogP contribution in [-0.2, 0) is 16.0 Å². The molecule has 2 amide bonds. The molecule has 0 radical (unpaired) electrons. The Bertz CT molecular complexity index is 512. The average Bonchev–Trinajstić information content (AvgIpc) is 2.77. The van der Waals surface area contributed by atoms with Gasteiger partial charge in [0.2, 0.25) is 11.8 Å². The Kier molecular flexibility index (Phi) is 4.42. The molecule has 20 heavy (non-hydrogen) atoms. The van der Waals surface area contributed by atoms with Gasteiger partial charge >= 0.3 is 0 Å². The summed E-state index contributed by atoms with van der Waals surface area (Å²) in [5, 5.41) is 5.76. The molecule has 1 N–H and O–H groups in total. The van der Waals surface area contributed by atoms with Crippen molar-refractivity contribution in [3.63, 3.8) is 0 Å². The van der Waals surface area contributed by atoms with Crippen LogP contribution in [0.15, 0.2) is 5.38 Å². The molecule has 1 saturated heterocycles. The number of rotatable bonds is 4. The fourth-order valence-corrected chi connectivity index (χ4v) is 3.30. The number of hydrogen-bond acceptors (Lipinski definition) is 4. The minimum absolute atomic E-state index is 0.00317. The second-order valence-corrected chi connectivity index (χ2v) is 6.53. The van der Waals surface area contributed by atoms with Gasteiger partial charge in [0.1, 0.15) is 12.1 Å². The first kappa shape index (κ1) is 15.0. The predicted octanol–water partition coefficient (Wildman–Crippen LogP) is 1.37. The summed E-state index contributed by atoms with van der Waals surface area (Å²) in [5.74, 6) is 0.0449. The monoisotopic (exact) mass is 295 g/mol. The van der Waals surface area contributed by atoms with Crippen LogP contribution in [0.3, 0.4) is 0 Å². The quantitative estimate of drug-likeness (QED) is 0.912. The molecular formula is C14H21N3O2S. The summed E-state index contributed by atoms with van der Waals surface area (Å²) in [5.41, 5.74) is 1.00. The van der Waals surface area contributed by atoms with Gasteiger partial charge < -0.3 is 10.2 Å². The number of aryl methyl sites for hydroxylation is 1. The van der Waals surface area contributed by atoms with E-state index in [1.165, 1.54) is 0 Å². The molecule has 2 heterocycles. The van der Waals surface area contributed by atoms with Crippen molar-refractivity contribution in [2.75, 3.05) is 6.54 Å². The lowest BCUT2D eigenvalue weighted by atomic mass is 9.97. The fourth-order valence-electron chi connectivity index (χ4n) is 2.53. The van der Waals surface area contributed by atoms with Crippen molar-refractivity contribution in [2.24, 2.45) is 5.92 Å². The van der Waals surface area contributed by atoms with Gasteiger partial charge in [-0.1, -0.05) is 13.8 Å². The van der Waals surface area contributed by atoms with Crippen LogP contribution in [0.5, 0.6) is 0 Å². The van der Waals surface area contributed by atoms with Gasteiger partial charge in [0, 0.05) is 24.0 Å². The lowest BCUT2D eigenvalue weighted by molar-refractivity contribution is -0.150. The molecular weight excluding hydrogens is 274 g/mol. The third-order valence-electron chi connectivity index (χ3n) is 3.48. The molecule has 1 aromatic heterocycles. The zero-order chi connectivity index (χ0) is 14.9. The molecule has 1 aliphatic rings. The largest absolute Gasteiger partial charge is 0.343 e. The summed E-state index contributed by atoms with van der Waals surface area (Å²) in [7, 11) is 0. The third kappa shape index (κ3) is 3.00. The van der Waals surface area contributed by atoms with Gasteiger partial charge in [-0.15, -0.1) is 11.3 Å². The molecule has 0 saturated carbocycles. The molecule has 1 aliphatic heterocycles. The number of nitrogens with one attached hydrogen (secondary N) is 1. The summed E-state index contributed by atoms with van der Waals surface area (Å²) >= 11 is 1.60. The Morgan fingerprint density at radius 1 is 1.45 bits per heavy atom. The maximum absolute atomic E-state index is 12.3. The first-order chi connectivity index (χ1) is 9.40. The fraction of sp³-hybridized carbons (Fsp3) is 0.643. The molecule has 5 nitrogen and oxygen atoms in total. The normalized spacial score (nSPS) is 23.4. The Labute approximate surface area is 123 Å². The predicted molar refractivity (Wildman–Crippen MR) is 78.5 cm³/mol. The van der Waals surface area contributed by atoms with Crippen LogP contribution in [0, 0.1) is 12.8 Å². The van der Waals surface area contributed by atoms with Crippen molar-refractivity contribution in [2.45, 2.75) is 46.2 Å². The zero-order valence-corrected chi connectivity index (χ0v) is 13.2. The van der Waals surface area contributed by atoms with Crippen molar-refractivity contribution in [1.29, 1.82) is 0 Å². The summed E-state index contributed by atoms with van der Waals surface area (Å²) in [4.78, 5) is 30.5. The number of nitrogens with zero attached hydrogens (tertiary/aromatic N) is 2. The van der Waals surface area contributed by atoms with Gasteiger partial charge in [0.25, 0.3) is 0 Å². The van der Waals surface area contributed by atoms with Crippen LogP contribution < -0.4 is 5.32 Å². The van der Waals surface area contributed by atoms with Gasteiger partial charge in [0.05, 0.1) is 5.01 Å². The van der Waals surface area contributed by atoms with Crippen molar-refractivity contribution < 1.29 is 9.59 Å². The van der Waals surface area contributed by atoms with Gasteiger partial charge in [-0.25, -0.2) is 4.98 Å². The summed E-state index contributed by atoms with van der Waals surface area (Å²) in [6.45, 7) is 8.17. The number of piperazine rings is 1. The Hall–Kier alpha value is -1.43. The van der Waals surface area contributed by atoms with Crippen molar-refractivity contribution in [1.82, 2.24) is 15.2 Å². The van der Waals surface area contributed by atoms with Crippen molar-refractivity contribution in [3.05, 3.63) is 16.1 Å². The highest BCUT2D eigenvalue weighted by molar-refractivity contribution is 7.09. The first-order valence-electron chi connectivity index (χ1n) is 6.92. The number of thiazole rings is 1. The van der Waals surface area contributed by atoms with E-state index in [1.807, 2.05) is 26.2 Å². The molecule has 0 spiro atoms. The average molecular weight is 295 g/mol. The maximum atomic E-state index is 12.3. The maximum Gasteiger partial charge on any atom is 0.245 e. The molecule has 1 fully saturated rings. The third-order valence-corrected chi connectivity index (χ3v) is 4.51. The molecule has 110 valence electrons. The Morgan fingerprint density at radius 3 is 2.70 bits per heavy atom. The van der Waals surface area contributed by atoms with Crippen LogP contribution >= 0.6 is 11.3 Å². The summed E-state index contributed by atoms with van der Waals surface area (Å²) < 4.78 is 0. The molecule has 0 aromatic carbocycles. The van der Waals surface area contributed by atoms with E-state index in [9.17, 15) is 9.59 Å². The van der Waals surface area contributed by atoms with Gasteiger partial charge in [0.15, 0.2) is 0 Å². The standard InChI is InChI=1S/C14H21N3O2S/c1-8(2)12-13(18)16-10(4)14(19)17(12)6-5-11-15-9(3)7-20-11/h7-8,10,12H,5-6H2,1-4H3,(H,16,18). The Balaban J connectivity index is 2.11. The van der Waals surface area contributed by atoms with E-state index in [0.29, 0.717) is 13.0 Å². The SMILES string of the molecule is Cc1csc(CCN2C(=O)C(C)NC(=O)C2C(C)C)n1. The second kappa shape index (κ2) is 5.91. The van der Waals surface area contributed by atoms with Gasteiger partial charge in [-0.2, -0.15) is 0 Å². The van der Waals surface area contributed by atoms with Crippen LogP contribution in [0.25, 0.3) is 0 Å². The van der Waals surface area contributed by atoms with Gasteiger partial charge in [-0.3, -0.25) is 9.59 Å². The molecule has 2 unspecified atom stereocenters. The van der Waals surface area contributed by atoms with E-state index >= 15 is 0 Å². The molecule has 2 atom stereocenters. The molecule has 6 heteroatoms. The van der Waals surface area contributed by atoms with Crippen molar-refractivity contribution in [3.8, 4) is 0 Å². The highest BCUT2D eigenvalue weighted by Crippen LogP contribution is 2.19. The van der Waals surface area contributed by atoms with Crippen LogP contribution in [0.1, 0.15) is 31.5 Å². The molecule has 1 aromatic rings. The van der Waals surface area contributed by atoms with E-state index in [4.69, 9.17) is 0 Å². The minimum atomic E-state index is -0.435. The van der Waals surface area contributed by atoms with E-state index in [0.717, 1.165) is 10.7 Å². The molecule has 2 rings (SSSR count). The number of aromatic nitrogens is 1.